The van der Waals surface area contributed by atoms with E-state index in [-0.39, 0.29) is 10.6 Å². The van der Waals surface area contributed by atoms with Crippen molar-refractivity contribution < 1.29 is 14.2 Å². The van der Waals surface area contributed by atoms with Gasteiger partial charge in [0.15, 0.2) is 0 Å². The number of quaternary nitrogens is 1. The number of ether oxygens (including phenoxy) is 1. The molecule has 0 saturated carbocycles. The molecule has 0 saturated heterocycles. The van der Waals surface area contributed by atoms with E-state index in [4.69, 9.17) is 0 Å². The van der Waals surface area contributed by atoms with Crippen LogP contribution < -0.4 is 0 Å². The second kappa shape index (κ2) is 9.42. The molecule has 0 N–H and O–H groups in total. The number of hydrogen-bond donors (Lipinski definition) is 0. The summed E-state index contributed by atoms with van der Waals surface area (Å²) in [7, 11) is 4.80. The molecule has 0 atom stereocenters. The summed E-state index contributed by atoms with van der Waals surface area (Å²) < 4.78 is 4.39. The second-order valence-electron chi connectivity index (χ2n) is 5.10. The maximum atomic E-state index is 11.3. The molecule has 0 aliphatic heterocycles. The van der Waals surface area contributed by atoms with Gasteiger partial charge >= 0.3 is 5.97 Å². The van der Waals surface area contributed by atoms with Crippen LogP contribution in [0.1, 0.15) is 51.4 Å². The van der Waals surface area contributed by atoms with Crippen LogP contribution in [0.5, 0.6) is 0 Å². The number of hydroxylamine groups is 3. The summed E-state index contributed by atoms with van der Waals surface area (Å²) in [4.78, 5) is 10.8. The molecule has 17 heavy (non-hydrogen) atoms. The first-order chi connectivity index (χ1) is 7.95. The summed E-state index contributed by atoms with van der Waals surface area (Å²) in [5, 5.41) is 11.3. The quantitative estimate of drug-likeness (QED) is 0.257. The van der Waals surface area contributed by atoms with Gasteiger partial charge in [0.1, 0.15) is 0 Å². The topological polar surface area (TPSA) is 49.4 Å². The maximum Gasteiger partial charge on any atom is 0.305 e. The minimum atomic E-state index is -0.181. The van der Waals surface area contributed by atoms with Crippen molar-refractivity contribution in [1.82, 2.24) is 0 Å². The Morgan fingerprint density at radius 1 is 1.00 bits per heavy atom. The molecule has 0 aromatic heterocycles. The zero-order chi connectivity index (χ0) is 13.1. The van der Waals surface area contributed by atoms with Crippen LogP contribution in [0.4, 0.5) is 0 Å². The van der Waals surface area contributed by atoms with E-state index < -0.39 is 0 Å². The largest absolute Gasteiger partial charge is 0.633 e. The van der Waals surface area contributed by atoms with E-state index in [9.17, 15) is 10.0 Å². The molecule has 0 aromatic rings. The zero-order valence-corrected chi connectivity index (χ0v) is 11.5. The van der Waals surface area contributed by atoms with Crippen molar-refractivity contribution in [3.63, 3.8) is 0 Å². The number of carbonyl (C=O) groups is 1. The molecule has 0 amide bonds. The lowest BCUT2D eigenvalue weighted by Crippen LogP contribution is -2.32. The summed E-state index contributed by atoms with van der Waals surface area (Å²) in [6.45, 7) is 0.711. The molecule has 0 bridgehead atoms. The second-order valence-corrected chi connectivity index (χ2v) is 5.10. The Bertz CT molecular complexity index is 199. The van der Waals surface area contributed by atoms with Gasteiger partial charge in [-0.05, 0) is 19.3 Å². The number of esters is 1. The highest BCUT2D eigenvalue weighted by molar-refractivity contribution is 5.68. The number of nitrogens with zero attached hydrogens (tertiary/aromatic N) is 1. The lowest BCUT2D eigenvalue weighted by molar-refractivity contribution is -0.840. The lowest BCUT2D eigenvalue weighted by atomic mass is 10.1. The Hall–Kier alpha value is -0.610. The molecule has 0 heterocycles. The van der Waals surface area contributed by atoms with Crippen LogP contribution in [0.15, 0.2) is 0 Å². The molecule has 0 rings (SSSR count). The van der Waals surface area contributed by atoms with Crippen LogP contribution in [0.2, 0.25) is 0 Å². The molecular weight excluding hydrogens is 218 g/mol. The third kappa shape index (κ3) is 13.3. The molecule has 0 aliphatic rings. The number of unbranched alkanes of at least 4 members (excludes halogenated alkanes) is 6. The van der Waals surface area contributed by atoms with Gasteiger partial charge in [-0.3, -0.25) is 4.79 Å². The van der Waals surface area contributed by atoms with E-state index in [0.29, 0.717) is 13.0 Å². The number of hydrogen-bond acceptors (Lipinski definition) is 3. The predicted octanol–water partition coefficient (Wildman–Crippen LogP) is 2.85. The molecular formula is C13H27NO3. The van der Waals surface area contributed by atoms with Gasteiger partial charge in [0.05, 0.1) is 27.7 Å². The molecule has 4 nitrogen and oxygen atoms in total. The molecule has 4 heteroatoms. The van der Waals surface area contributed by atoms with Crippen LogP contribution in [0.3, 0.4) is 0 Å². The van der Waals surface area contributed by atoms with Crippen molar-refractivity contribution in [2.75, 3.05) is 27.7 Å². The summed E-state index contributed by atoms with van der Waals surface area (Å²) in [6, 6.07) is 0. The fraction of sp³-hybridized carbons (Fsp3) is 0.923. The van der Waals surface area contributed by atoms with E-state index in [1.807, 2.05) is 0 Å². The lowest BCUT2D eigenvalue weighted by Gasteiger charge is -2.33. The fourth-order valence-electron chi connectivity index (χ4n) is 1.75. The fourth-order valence-corrected chi connectivity index (χ4v) is 1.75. The standard InChI is InChI=1S/C13H27NO3/c1-14(2,16)12-10-8-6-4-5-7-9-11-13(15)17-3/h4-12H2,1-3H3. The van der Waals surface area contributed by atoms with Gasteiger partial charge in [-0.15, -0.1) is 0 Å². The van der Waals surface area contributed by atoms with Gasteiger partial charge in [-0.25, -0.2) is 0 Å². The first kappa shape index (κ1) is 16.4. The smallest absolute Gasteiger partial charge is 0.305 e. The van der Waals surface area contributed by atoms with E-state index in [1.54, 1.807) is 14.1 Å². The van der Waals surface area contributed by atoms with E-state index in [1.165, 1.54) is 26.4 Å². The van der Waals surface area contributed by atoms with Crippen LogP contribution in [-0.4, -0.2) is 38.4 Å². The Morgan fingerprint density at radius 3 is 1.94 bits per heavy atom. The first-order valence-electron chi connectivity index (χ1n) is 6.56. The molecule has 0 radical (unpaired) electrons. The van der Waals surface area contributed by atoms with E-state index in [2.05, 4.69) is 4.74 Å². The van der Waals surface area contributed by atoms with Gasteiger partial charge in [-0.2, -0.15) is 0 Å². The third-order valence-corrected chi connectivity index (χ3v) is 2.81. The zero-order valence-electron chi connectivity index (χ0n) is 11.5. The van der Waals surface area contributed by atoms with Crippen LogP contribution in [0.25, 0.3) is 0 Å². The van der Waals surface area contributed by atoms with Crippen molar-refractivity contribution >= 4 is 5.97 Å². The molecule has 0 aliphatic carbocycles. The Kier molecular flexibility index (Phi) is 9.09. The number of methoxy groups -OCH3 is 1. The summed E-state index contributed by atoms with van der Waals surface area (Å²) in [5.41, 5.74) is 0. The van der Waals surface area contributed by atoms with Crippen LogP contribution in [-0.2, 0) is 9.53 Å². The van der Waals surface area contributed by atoms with Gasteiger partial charge in [0.2, 0.25) is 0 Å². The first-order valence-corrected chi connectivity index (χ1v) is 6.56. The van der Waals surface area contributed by atoms with Crippen molar-refractivity contribution in [3.05, 3.63) is 5.21 Å². The maximum absolute atomic E-state index is 11.3. The highest BCUT2D eigenvalue weighted by Gasteiger charge is 2.01. The normalized spacial score (nSPS) is 11.5. The molecule has 0 fully saturated rings. The molecule has 102 valence electrons. The van der Waals surface area contributed by atoms with Gasteiger partial charge in [-0.1, -0.05) is 25.7 Å². The van der Waals surface area contributed by atoms with Gasteiger partial charge in [0, 0.05) is 6.42 Å². The monoisotopic (exact) mass is 245 g/mol. The van der Waals surface area contributed by atoms with Crippen molar-refractivity contribution in [2.45, 2.75) is 51.4 Å². The Morgan fingerprint density at radius 2 is 1.47 bits per heavy atom. The summed E-state index contributed by atoms with van der Waals surface area (Å²) >= 11 is 0. The average Bonchev–Trinajstić information content (AvgIpc) is 2.25. The minimum Gasteiger partial charge on any atom is -0.633 e. The van der Waals surface area contributed by atoms with Crippen molar-refractivity contribution in [1.29, 1.82) is 0 Å². The number of rotatable bonds is 10. The summed E-state index contributed by atoms with van der Waals surface area (Å²) in [6.07, 6.45) is 8.28. The van der Waals surface area contributed by atoms with Crippen molar-refractivity contribution in [2.24, 2.45) is 0 Å². The third-order valence-electron chi connectivity index (χ3n) is 2.81. The SMILES string of the molecule is COC(=O)CCCCCCCCC[N+](C)(C)[O-]. The Balaban J connectivity index is 3.12. The van der Waals surface area contributed by atoms with E-state index >= 15 is 0 Å². The predicted molar refractivity (Wildman–Crippen MR) is 69.3 cm³/mol. The summed E-state index contributed by atoms with van der Waals surface area (Å²) in [5.74, 6) is -0.111. The molecule has 0 spiro atoms. The molecule has 0 aromatic carbocycles. The minimum absolute atomic E-state index is 0.111. The van der Waals surface area contributed by atoms with Crippen LogP contribution in [0, 0.1) is 5.21 Å². The van der Waals surface area contributed by atoms with Crippen LogP contribution >= 0.6 is 0 Å². The number of carbonyl (C=O) groups excluding carboxylic acids is 1. The highest BCUT2D eigenvalue weighted by Crippen LogP contribution is 2.10. The van der Waals surface area contributed by atoms with Gasteiger partial charge < -0.3 is 14.6 Å². The van der Waals surface area contributed by atoms with E-state index in [0.717, 1.165) is 25.7 Å². The Labute approximate surface area is 105 Å². The van der Waals surface area contributed by atoms with Gasteiger partial charge in [0.25, 0.3) is 0 Å². The molecule has 0 unspecified atom stereocenters. The highest BCUT2D eigenvalue weighted by atomic mass is 16.5. The van der Waals surface area contributed by atoms with Crippen molar-refractivity contribution in [3.8, 4) is 0 Å². The average molecular weight is 245 g/mol.